The highest BCUT2D eigenvalue weighted by Gasteiger charge is 2.23. The average Bonchev–Trinajstić information content (AvgIpc) is 0.730. The van der Waals surface area contributed by atoms with E-state index in [4.69, 9.17) is 0 Å². The zero-order valence-electron chi connectivity index (χ0n) is 65.0. The second kappa shape index (κ2) is 30.9. The molecule has 23 aromatic carbocycles. The Morgan fingerprint density at radius 3 is 0.551 bits per heavy atom. The van der Waals surface area contributed by atoms with E-state index < -0.39 is 0 Å². The van der Waals surface area contributed by atoms with Gasteiger partial charge in [0.15, 0.2) is 0 Å². The third-order valence-corrected chi connectivity index (χ3v) is 23.9. The van der Waals surface area contributed by atoms with E-state index in [0.717, 1.165) is 0 Å². The number of rotatable bonds is 10. The van der Waals surface area contributed by atoms with E-state index in [0.29, 0.717) is 0 Å². The first kappa shape index (κ1) is 70.5. The average molecular weight is 1500 g/mol. The molecule has 0 saturated carbocycles. The minimum absolute atomic E-state index is 1.21. The maximum absolute atomic E-state index is 2.37. The standard InChI is InChI=1S/C50H34.2C34H22/c1-5-17-35(18-6-1)39-29-40(36-19-7-2-8-20-36)32-43(31-39)49-45-25-13-15-27-47(45)50(48-28-16-14-26-46(48)49)44-33-41(37-21-9-3-10-22-37)30-42(34-44)38-23-11-4-12-24-38;1-3-15-25-23(11-1)13-9-21-27(25)33-29-17-5-7-19-31(29)34(32-20-8-6-18-30(32)33)28-22-10-14-24-12-2-4-16-26(24)28;1-3-11-25-21-27(19-17-23(25)9-1)33-29-13-5-7-15-31(29)34(32-16-8-6-14-30(32)33)28-20-18-24-10-2-4-12-26(24)22-28/h1-34H;2*1-22H. The molecule has 0 unspecified atom stereocenters. The molecule has 0 heterocycles. The summed E-state index contributed by atoms with van der Waals surface area (Å²) >= 11 is 0. The molecule has 0 aliphatic carbocycles. The van der Waals surface area contributed by atoms with Crippen LogP contribution >= 0.6 is 0 Å². The number of fused-ring (bicyclic) bond motifs is 10. The van der Waals surface area contributed by atoms with Gasteiger partial charge in [0.2, 0.25) is 0 Å². The van der Waals surface area contributed by atoms with E-state index in [1.165, 1.54) is 219 Å². The molecule has 0 aliphatic heterocycles. The van der Waals surface area contributed by atoms with Gasteiger partial charge in [-0.05, 0) is 268 Å². The predicted octanol–water partition coefficient (Wildman–Crippen LogP) is 33.3. The summed E-state index contributed by atoms with van der Waals surface area (Å²) in [4.78, 5) is 0. The summed E-state index contributed by atoms with van der Waals surface area (Å²) in [5.41, 5.74) is 25.0. The molecule has 0 amide bonds. The van der Waals surface area contributed by atoms with Crippen LogP contribution in [0.2, 0.25) is 0 Å². The van der Waals surface area contributed by atoms with Gasteiger partial charge in [0.05, 0.1) is 0 Å². The highest BCUT2D eigenvalue weighted by molar-refractivity contribution is 6.27. The van der Waals surface area contributed by atoms with E-state index in [-0.39, 0.29) is 0 Å². The Hall–Kier alpha value is -15.3. The van der Waals surface area contributed by atoms with E-state index in [1.807, 2.05) is 0 Å². The van der Waals surface area contributed by atoms with Crippen molar-refractivity contribution in [2.24, 2.45) is 0 Å². The van der Waals surface area contributed by atoms with Crippen LogP contribution in [0, 0.1) is 0 Å². The van der Waals surface area contributed by atoms with Crippen LogP contribution in [-0.2, 0) is 0 Å². The van der Waals surface area contributed by atoms with Crippen LogP contribution in [0.1, 0.15) is 0 Å². The van der Waals surface area contributed by atoms with E-state index in [9.17, 15) is 0 Å². The summed E-state index contributed by atoms with van der Waals surface area (Å²) in [5.74, 6) is 0. The van der Waals surface area contributed by atoms with Crippen molar-refractivity contribution in [3.63, 3.8) is 0 Å². The van der Waals surface area contributed by atoms with Gasteiger partial charge in [0.25, 0.3) is 0 Å². The normalized spacial score (nSPS) is 11.4. The van der Waals surface area contributed by atoms with Crippen molar-refractivity contribution in [1.29, 1.82) is 0 Å². The summed E-state index contributed by atoms with van der Waals surface area (Å²) < 4.78 is 0. The van der Waals surface area contributed by atoms with Gasteiger partial charge in [0, 0.05) is 0 Å². The van der Waals surface area contributed by atoms with Gasteiger partial charge < -0.3 is 0 Å². The molecule has 0 saturated heterocycles. The summed E-state index contributed by atoms with van der Waals surface area (Å²) in [6, 6.07) is 172. The van der Waals surface area contributed by atoms with Gasteiger partial charge in [-0.15, -0.1) is 0 Å². The van der Waals surface area contributed by atoms with Crippen molar-refractivity contribution in [1.82, 2.24) is 0 Å². The molecule has 0 fully saturated rings. The zero-order valence-corrected chi connectivity index (χ0v) is 65.0. The Bertz CT molecular complexity index is 7010. The lowest BCUT2D eigenvalue weighted by Gasteiger charge is -2.20. The third-order valence-electron chi connectivity index (χ3n) is 23.9. The summed E-state index contributed by atoms with van der Waals surface area (Å²) in [7, 11) is 0. The minimum atomic E-state index is 1.21. The largest absolute Gasteiger partial charge is 0.0622 e. The molecule has 0 aromatic heterocycles. The summed E-state index contributed by atoms with van der Waals surface area (Å²) in [6.45, 7) is 0. The lowest BCUT2D eigenvalue weighted by molar-refractivity contribution is 1.57. The maximum atomic E-state index is 2.37. The molecule has 0 aliphatic rings. The molecule has 118 heavy (non-hydrogen) atoms. The fraction of sp³-hybridized carbons (Fsp3) is 0. The van der Waals surface area contributed by atoms with Gasteiger partial charge in [0.1, 0.15) is 0 Å². The third kappa shape index (κ3) is 13.1. The van der Waals surface area contributed by atoms with Crippen LogP contribution < -0.4 is 0 Å². The van der Waals surface area contributed by atoms with Gasteiger partial charge in [-0.25, -0.2) is 0 Å². The molecule has 0 N–H and O–H groups in total. The maximum Gasteiger partial charge on any atom is -0.00201 e. The number of hydrogen-bond acceptors (Lipinski definition) is 0. The smallest absolute Gasteiger partial charge is 0.00201 e. The molecule has 550 valence electrons. The van der Waals surface area contributed by atoms with Crippen LogP contribution in [-0.4, -0.2) is 0 Å². The molecule has 0 atom stereocenters. The molecule has 0 bridgehead atoms. The van der Waals surface area contributed by atoms with Crippen molar-refractivity contribution in [2.45, 2.75) is 0 Å². The van der Waals surface area contributed by atoms with Crippen molar-refractivity contribution in [2.75, 3.05) is 0 Å². The van der Waals surface area contributed by atoms with Crippen molar-refractivity contribution < 1.29 is 0 Å². The predicted molar refractivity (Wildman–Crippen MR) is 509 cm³/mol. The van der Waals surface area contributed by atoms with Gasteiger partial charge >= 0.3 is 0 Å². The molecule has 23 rings (SSSR count). The first-order valence-corrected chi connectivity index (χ1v) is 40.8. The van der Waals surface area contributed by atoms with Crippen LogP contribution in [0.25, 0.3) is 219 Å². The van der Waals surface area contributed by atoms with Crippen LogP contribution in [0.3, 0.4) is 0 Å². The Kier molecular flexibility index (Phi) is 18.4. The first-order valence-electron chi connectivity index (χ1n) is 40.8. The second-order valence-corrected chi connectivity index (χ2v) is 30.8. The van der Waals surface area contributed by atoms with Crippen molar-refractivity contribution >= 4 is 108 Å². The number of hydrogen-bond donors (Lipinski definition) is 0. The van der Waals surface area contributed by atoms with Crippen molar-refractivity contribution in [3.05, 3.63) is 473 Å². The summed E-state index contributed by atoms with van der Waals surface area (Å²) in [6.07, 6.45) is 0. The fourth-order valence-electron chi connectivity index (χ4n) is 18.5. The van der Waals surface area contributed by atoms with E-state index >= 15 is 0 Å². The first-order chi connectivity index (χ1) is 58.6. The van der Waals surface area contributed by atoms with Crippen molar-refractivity contribution in [3.8, 4) is 111 Å². The molecular formula is C118H78. The minimum Gasteiger partial charge on any atom is -0.0622 e. The Balaban J connectivity index is 0.000000113. The molecule has 0 radical (unpaired) electrons. The van der Waals surface area contributed by atoms with Crippen LogP contribution in [0.4, 0.5) is 0 Å². The van der Waals surface area contributed by atoms with Gasteiger partial charge in [-0.2, -0.15) is 0 Å². The van der Waals surface area contributed by atoms with Crippen LogP contribution in [0.5, 0.6) is 0 Å². The SMILES string of the molecule is c1ccc(-c2cc(-c3ccccc3)cc(-c3c4ccccc4c(-c4cc(-c5ccccc5)cc(-c5ccccc5)c4)c4ccccc34)c2)cc1.c1ccc2c(-c3c4ccccc4c(-c4cccc5ccccc45)c4ccccc34)cccc2c1.c1ccc2cc(-c3c4ccccc4c(-c4ccc5ccccc5c4)c4ccccc34)ccc2c1. The highest BCUT2D eigenvalue weighted by atomic mass is 14.3. The fourth-order valence-corrected chi connectivity index (χ4v) is 18.5. The molecule has 0 heteroatoms. The van der Waals surface area contributed by atoms with Crippen LogP contribution in [0.15, 0.2) is 473 Å². The summed E-state index contributed by atoms with van der Waals surface area (Å²) in [5, 5.41) is 25.5. The highest BCUT2D eigenvalue weighted by Crippen LogP contribution is 2.51. The monoisotopic (exact) mass is 1490 g/mol. The molecule has 0 nitrogen and oxygen atoms in total. The lowest BCUT2D eigenvalue weighted by atomic mass is 9.83. The van der Waals surface area contributed by atoms with Gasteiger partial charge in [-0.1, -0.05) is 425 Å². The molecule has 23 aromatic rings. The molecule has 0 spiro atoms. The Labute approximate surface area is 687 Å². The Morgan fingerprint density at radius 2 is 0.280 bits per heavy atom. The quantitative estimate of drug-likeness (QED) is 0.120. The lowest BCUT2D eigenvalue weighted by Crippen LogP contribution is -1.93. The second-order valence-electron chi connectivity index (χ2n) is 30.8. The van der Waals surface area contributed by atoms with E-state index in [2.05, 4.69) is 473 Å². The van der Waals surface area contributed by atoms with Gasteiger partial charge in [-0.3, -0.25) is 0 Å². The topological polar surface area (TPSA) is 0 Å². The Morgan fingerprint density at radius 1 is 0.0847 bits per heavy atom. The number of benzene rings is 23. The van der Waals surface area contributed by atoms with E-state index in [1.54, 1.807) is 0 Å². The zero-order chi connectivity index (χ0) is 78.2. The molecular weight excluding hydrogens is 1420 g/mol.